The molecule has 7 heteroatoms. The van der Waals surface area contributed by atoms with Gasteiger partial charge in [-0.05, 0) is 107 Å². The van der Waals surface area contributed by atoms with E-state index >= 15 is 0 Å². The first kappa shape index (κ1) is 29.7. The van der Waals surface area contributed by atoms with Crippen LogP contribution in [0.15, 0.2) is 42.5 Å². The van der Waals surface area contributed by atoms with Crippen LogP contribution >= 0.6 is 0 Å². The molecule has 0 aliphatic carbocycles. The van der Waals surface area contributed by atoms with Crippen LogP contribution in [0.4, 0.5) is 0 Å². The van der Waals surface area contributed by atoms with E-state index in [4.69, 9.17) is 14.2 Å². The molecule has 0 N–H and O–H groups in total. The molecule has 3 heterocycles. The van der Waals surface area contributed by atoms with Gasteiger partial charge in [0.2, 0.25) is 0 Å². The molecule has 0 aromatic heterocycles. The van der Waals surface area contributed by atoms with Crippen molar-refractivity contribution in [2.75, 3.05) is 67.1 Å². The molecule has 0 bridgehead atoms. The number of carbonyl (C=O) groups is 1. The molecule has 1 atom stereocenters. The van der Waals surface area contributed by atoms with Gasteiger partial charge in [0, 0.05) is 24.5 Å². The fraction of sp³-hybridized carbons (Fsp3) is 0.618. The summed E-state index contributed by atoms with van der Waals surface area (Å²) in [5, 5.41) is 0. The van der Waals surface area contributed by atoms with Gasteiger partial charge >= 0.3 is 0 Å². The van der Waals surface area contributed by atoms with E-state index in [1.807, 2.05) is 30.3 Å². The smallest absolute Gasteiger partial charge is 0.257 e. The summed E-state index contributed by atoms with van der Waals surface area (Å²) in [6.45, 7) is 7.36. The average molecular weight is 564 g/mol. The van der Waals surface area contributed by atoms with E-state index in [1.54, 1.807) is 21.3 Å². The minimum absolute atomic E-state index is 0.0524. The fourth-order valence-corrected chi connectivity index (χ4v) is 7.37. The number of piperidine rings is 2. The Kier molecular flexibility index (Phi) is 10.1. The summed E-state index contributed by atoms with van der Waals surface area (Å²) in [6.07, 6.45) is 10.8. The van der Waals surface area contributed by atoms with Crippen molar-refractivity contribution in [2.24, 2.45) is 0 Å². The first-order valence-corrected chi connectivity index (χ1v) is 15.7. The molecule has 0 unspecified atom stereocenters. The number of hydrogen-bond donors (Lipinski definition) is 0. The Morgan fingerprint density at radius 2 is 1.51 bits per heavy atom. The summed E-state index contributed by atoms with van der Waals surface area (Å²) in [7, 11) is 5.02. The van der Waals surface area contributed by atoms with Crippen LogP contribution in [0.25, 0.3) is 0 Å². The molecule has 2 aromatic carbocycles. The second-order valence-corrected chi connectivity index (χ2v) is 12.2. The maximum atomic E-state index is 14.0. The molecule has 0 radical (unpaired) electrons. The highest BCUT2D eigenvalue weighted by atomic mass is 16.5. The van der Waals surface area contributed by atoms with Gasteiger partial charge in [0.15, 0.2) is 11.5 Å². The molecule has 0 spiro atoms. The molecule has 1 amide bonds. The number of nitrogens with zero attached hydrogens (tertiary/aromatic N) is 3. The van der Waals surface area contributed by atoms with E-state index in [-0.39, 0.29) is 11.3 Å². The lowest BCUT2D eigenvalue weighted by molar-refractivity contribution is 0.0693. The molecule has 7 nitrogen and oxygen atoms in total. The second-order valence-electron chi connectivity index (χ2n) is 12.2. The summed E-state index contributed by atoms with van der Waals surface area (Å²) in [6, 6.07) is 14.7. The normalized spacial score (nSPS) is 23.1. The van der Waals surface area contributed by atoms with Gasteiger partial charge in [-0.3, -0.25) is 4.79 Å². The zero-order valence-corrected chi connectivity index (χ0v) is 25.4. The van der Waals surface area contributed by atoms with Gasteiger partial charge in [-0.2, -0.15) is 0 Å². The quantitative estimate of drug-likeness (QED) is 0.395. The van der Waals surface area contributed by atoms with Crippen molar-refractivity contribution in [2.45, 2.75) is 69.2 Å². The van der Waals surface area contributed by atoms with Crippen LogP contribution in [0.5, 0.6) is 17.2 Å². The van der Waals surface area contributed by atoms with Gasteiger partial charge in [0.25, 0.3) is 5.91 Å². The Labute approximate surface area is 246 Å². The van der Waals surface area contributed by atoms with Crippen LogP contribution in [0.2, 0.25) is 0 Å². The third-order valence-electron chi connectivity index (χ3n) is 9.82. The summed E-state index contributed by atoms with van der Waals surface area (Å²) in [5.41, 5.74) is 1.70. The second kappa shape index (κ2) is 13.9. The Morgan fingerprint density at radius 1 is 0.805 bits per heavy atom. The standard InChI is InChI=1S/C34H49N3O4/c1-39-30-12-6-5-11-29(30)33(38)37-21-10-7-17-34(26-37,27-13-14-31(40-2)32(25-27)41-3)18-24-35-22-15-28(16-23-35)36-19-8-4-9-20-36/h5-6,11-14,25,28H,4,7-10,15-24,26H2,1-3H3/t34-/m1/s1. The Hall–Kier alpha value is -2.77. The predicted octanol–water partition coefficient (Wildman–Crippen LogP) is 5.62. The lowest BCUT2D eigenvalue weighted by Crippen LogP contribution is -2.48. The van der Waals surface area contributed by atoms with Crippen molar-refractivity contribution in [1.82, 2.24) is 14.7 Å². The molecule has 3 fully saturated rings. The van der Waals surface area contributed by atoms with Gasteiger partial charge in [0.05, 0.1) is 26.9 Å². The number of para-hydroxylation sites is 1. The lowest BCUT2D eigenvalue weighted by Gasteiger charge is -2.42. The van der Waals surface area contributed by atoms with Gasteiger partial charge < -0.3 is 28.9 Å². The van der Waals surface area contributed by atoms with E-state index in [2.05, 4.69) is 26.8 Å². The highest BCUT2D eigenvalue weighted by Crippen LogP contribution is 2.41. The van der Waals surface area contributed by atoms with Crippen molar-refractivity contribution in [3.63, 3.8) is 0 Å². The van der Waals surface area contributed by atoms with Crippen LogP contribution in [-0.4, -0.2) is 93.8 Å². The monoisotopic (exact) mass is 563 g/mol. The number of rotatable bonds is 9. The van der Waals surface area contributed by atoms with Crippen LogP contribution in [0, 0.1) is 0 Å². The van der Waals surface area contributed by atoms with Crippen LogP contribution < -0.4 is 14.2 Å². The molecule has 3 aliphatic rings. The first-order valence-electron chi connectivity index (χ1n) is 15.7. The number of likely N-dealkylation sites (tertiary alicyclic amines) is 3. The largest absolute Gasteiger partial charge is 0.496 e. The summed E-state index contributed by atoms with van der Waals surface area (Å²) >= 11 is 0. The van der Waals surface area contributed by atoms with E-state index < -0.39 is 0 Å². The number of benzene rings is 2. The Morgan fingerprint density at radius 3 is 2.24 bits per heavy atom. The Bertz CT molecular complexity index is 1140. The summed E-state index contributed by atoms with van der Waals surface area (Å²) < 4.78 is 16.9. The van der Waals surface area contributed by atoms with Crippen LogP contribution in [-0.2, 0) is 5.41 Å². The zero-order chi connectivity index (χ0) is 28.7. The topological polar surface area (TPSA) is 54.5 Å². The lowest BCUT2D eigenvalue weighted by atomic mass is 9.73. The molecular weight excluding hydrogens is 514 g/mol. The average Bonchev–Trinajstić information content (AvgIpc) is 3.27. The Balaban J connectivity index is 1.37. The minimum Gasteiger partial charge on any atom is -0.496 e. The predicted molar refractivity (Wildman–Crippen MR) is 163 cm³/mol. The van der Waals surface area contributed by atoms with Gasteiger partial charge in [-0.1, -0.05) is 31.0 Å². The molecule has 224 valence electrons. The summed E-state index contributed by atoms with van der Waals surface area (Å²) in [4.78, 5) is 21.4. The highest BCUT2D eigenvalue weighted by Gasteiger charge is 2.39. The van der Waals surface area contributed by atoms with E-state index in [0.717, 1.165) is 69.4 Å². The molecule has 0 saturated carbocycles. The van der Waals surface area contributed by atoms with Crippen molar-refractivity contribution in [3.8, 4) is 17.2 Å². The van der Waals surface area contributed by atoms with Gasteiger partial charge in [-0.15, -0.1) is 0 Å². The number of hydrogen-bond acceptors (Lipinski definition) is 6. The van der Waals surface area contributed by atoms with Gasteiger partial charge in [-0.25, -0.2) is 0 Å². The number of amides is 1. The maximum Gasteiger partial charge on any atom is 0.257 e. The van der Waals surface area contributed by atoms with Crippen molar-refractivity contribution < 1.29 is 19.0 Å². The minimum atomic E-state index is -0.169. The van der Waals surface area contributed by atoms with Crippen molar-refractivity contribution in [3.05, 3.63) is 53.6 Å². The molecule has 2 aromatic rings. The van der Waals surface area contributed by atoms with Crippen LogP contribution in [0.3, 0.4) is 0 Å². The third-order valence-corrected chi connectivity index (χ3v) is 9.82. The number of carbonyl (C=O) groups excluding carboxylic acids is 1. The van der Waals surface area contributed by atoms with Gasteiger partial charge in [0.1, 0.15) is 5.75 Å². The molecule has 41 heavy (non-hydrogen) atoms. The highest BCUT2D eigenvalue weighted by molar-refractivity contribution is 5.97. The molecule has 3 saturated heterocycles. The fourth-order valence-electron chi connectivity index (χ4n) is 7.37. The van der Waals surface area contributed by atoms with E-state index in [1.165, 1.54) is 50.8 Å². The third kappa shape index (κ3) is 6.83. The molecule has 5 rings (SSSR count). The van der Waals surface area contributed by atoms with Crippen molar-refractivity contribution in [1.29, 1.82) is 0 Å². The van der Waals surface area contributed by atoms with Crippen LogP contribution in [0.1, 0.15) is 73.7 Å². The zero-order valence-electron chi connectivity index (χ0n) is 25.4. The van der Waals surface area contributed by atoms with E-state index in [0.29, 0.717) is 17.9 Å². The van der Waals surface area contributed by atoms with Crippen molar-refractivity contribution >= 4 is 5.91 Å². The van der Waals surface area contributed by atoms with E-state index in [9.17, 15) is 4.79 Å². The number of ether oxygens (including phenoxy) is 3. The maximum absolute atomic E-state index is 14.0. The SMILES string of the molecule is COc1ccc([C@@]2(CCN3CCC(N4CCCCC4)CC3)CCCCN(C(=O)c3ccccc3OC)C2)cc1OC. The summed E-state index contributed by atoms with van der Waals surface area (Å²) in [5.74, 6) is 2.17. The number of methoxy groups -OCH3 is 3. The molecule has 3 aliphatic heterocycles. The first-order chi connectivity index (χ1) is 20.1. The molecular formula is C34H49N3O4.